The normalized spacial score (nSPS) is 12.0. The van der Waals surface area contributed by atoms with Crippen LogP contribution in [0.4, 0.5) is 0 Å². The highest BCUT2D eigenvalue weighted by Crippen LogP contribution is 2.37. The van der Waals surface area contributed by atoms with E-state index in [2.05, 4.69) is 20.7 Å². The minimum Gasteiger partial charge on any atom is -0.504 e. The van der Waals surface area contributed by atoms with Crippen LogP contribution in [-0.4, -0.2) is 29.9 Å². The first kappa shape index (κ1) is 13.8. The maximum absolute atomic E-state index is 11.4. The number of aliphatic hydroxyl groups is 1. The van der Waals surface area contributed by atoms with Crippen LogP contribution in [0.5, 0.6) is 11.5 Å². The van der Waals surface area contributed by atoms with Crippen LogP contribution in [0.1, 0.15) is 18.6 Å². The summed E-state index contributed by atoms with van der Waals surface area (Å²) in [7, 11) is 1.38. The minimum atomic E-state index is -1.54. The standard InChI is InChI=1S/C11H13BrO5/c1-3-17-11(15)10(14)7-4-6(12)5-8(16-2)9(7)13/h4-5,10,13-14H,3H2,1-2H3. The molecule has 2 N–H and O–H groups in total. The SMILES string of the molecule is CCOC(=O)C(O)c1cc(Br)cc(OC)c1O. The molecule has 0 aliphatic rings. The Bertz CT molecular complexity index is 419. The molecule has 0 spiro atoms. The zero-order chi connectivity index (χ0) is 13.0. The lowest BCUT2D eigenvalue weighted by Crippen LogP contribution is -2.15. The van der Waals surface area contributed by atoms with E-state index in [-0.39, 0.29) is 23.7 Å². The summed E-state index contributed by atoms with van der Waals surface area (Å²) in [5.74, 6) is -0.933. The van der Waals surface area contributed by atoms with Gasteiger partial charge in [-0.2, -0.15) is 0 Å². The van der Waals surface area contributed by atoms with Crippen LogP contribution in [-0.2, 0) is 9.53 Å². The second-order valence-corrected chi connectivity index (χ2v) is 4.12. The highest BCUT2D eigenvalue weighted by atomic mass is 79.9. The summed E-state index contributed by atoms with van der Waals surface area (Å²) >= 11 is 3.19. The van der Waals surface area contributed by atoms with Gasteiger partial charge in [-0.15, -0.1) is 0 Å². The molecule has 0 heterocycles. The van der Waals surface area contributed by atoms with Gasteiger partial charge in [0, 0.05) is 10.0 Å². The molecule has 1 aromatic carbocycles. The lowest BCUT2D eigenvalue weighted by molar-refractivity contribution is -0.153. The fraction of sp³-hybridized carbons (Fsp3) is 0.364. The number of phenolic OH excluding ortho intramolecular Hbond substituents is 1. The lowest BCUT2D eigenvalue weighted by atomic mass is 10.1. The Morgan fingerprint density at radius 2 is 2.18 bits per heavy atom. The Balaban J connectivity index is 3.12. The highest BCUT2D eigenvalue weighted by molar-refractivity contribution is 9.10. The Morgan fingerprint density at radius 3 is 2.71 bits per heavy atom. The van der Waals surface area contributed by atoms with E-state index in [0.717, 1.165) is 0 Å². The summed E-state index contributed by atoms with van der Waals surface area (Å²) in [5.41, 5.74) is 0.0367. The summed E-state index contributed by atoms with van der Waals surface area (Å²) in [6, 6.07) is 2.95. The molecule has 0 saturated carbocycles. The molecular weight excluding hydrogens is 292 g/mol. The van der Waals surface area contributed by atoms with Gasteiger partial charge in [0.1, 0.15) is 0 Å². The third kappa shape index (κ3) is 3.10. The van der Waals surface area contributed by atoms with E-state index in [0.29, 0.717) is 4.47 Å². The van der Waals surface area contributed by atoms with Crippen molar-refractivity contribution in [3.8, 4) is 11.5 Å². The molecule has 0 saturated heterocycles. The van der Waals surface area contributed by atoms with Gasteiger partial charge in [-0.1, -0.05) is 15.9 Å². The number of hydrogen-bond acceptors (Lipinski definition) is 5. The molecule has 5 nitrogen and oxygen atoms in total. The summed E-state index contributed by atoms with van der Waals surface area (Å²) in [4.78, 5) is 11.4. The molecule has 1 atom stereocenters. The van der Waals surface area contributed by atoms with Crippen LogP contribution in [0.3, 0.4) is 0 Å². The third-order valence-corrected chi connectivity index (χ3v) is 2.55. The zero-order valence-corrected chi connectivity index (χ0v) is 11.0. The van der Waals surface area contributed by atoms with E-state index in [1.54, 1.807) is 6.92 Å². The molecule has 1 unspecified atom stereocenters. The number of halogens is 1. The zero-order valence-electron chi connectivity index (χ0n) is 9.44. The van der Waals surface area contributed by atoms with Crippen molar-refractivity contribution < 1.29 is 24.5 Å². The molecule has 94 valence electrons. The van der Waals surface area contributed by atoms with Crippen LogP contribution >= 0.6 is 15.9 Å². The molecule has 0 aromatic heterocycles. The van der Waals surface area contributed by atoms with Crippen molar-refractivity contribution in [1.29, 1.82) is 0 Å². The van der Waals surface area contributed by atoms with Gasteiger partial charge in [0.25, 0.3) is 0 Å². The lowest BCUT2D eigenvalue weighted by Gasteiger charge is -2.14. The first-order valence-electron chi connectivity index (χ1n) is 4.92. The van der Waals surface area contributed by atoms with Gasteiger partial charge < -0.3 is 19.7 Å². The van der Waals surface area contributed by atoms with E-state index in [4.69, 9.17) is 4.74 Å². The van der Waals surface area contributed by atoms with Crippen LogP contribution in [0.25, 0.3) is 0 Å². The number of methoxy groups -OCH3 is 1. The summed E-state index contributed by atoms with van der Waals surface area (Å²) in [5, 5.41) is 19.5. The number of hydrogen-bond donors (Lipinski definition) is 2. The second kappa shape index (κ2) is 5.88. The van der Waals surface area contributed by atoms with Gasteiger partial charge in [0.2, 0.25) is 0 Å². The second-order valence-electron chi connectivity index (χ2n) is 3.20. The number of carbonyl (C=O) groups excluding carboxylic acids is 1. The largest absolute Gasteiger partial charge is 0.504 e. The topological polar surface area (TPSA) is 76.0 Å². The molecule has 17 heavy (non-hydrogen) atoms. The smallest absolute Gasteiger partial charge is 0.339 e. The molecule has 0 fully saturated rings. The highest BCUT2D eigenvalue weighted by Gasteiger charge is 2.24. The van der Waals surface area contributed by atoms with Crippen molar-refractivity contribution in [3.63, 3.8) is 0 Å². The number of rotatable bonds is 4. The number of benzene rings is 1. The van der Waals surface area contributed by atoms with Crippen molar-refractivity contribution in [2.24, 2.45) is 0 Å². The monoisotopic (exact) mass is 304 g/mol. The van der Waals surface area contributed by atoms with Gasteiger partial charge in [-0.3, -0.25) is 0 Å². The van der Waals surface area contributed by atoms with Gasteiger partial charge in [0.15, 0.2) is 17.6 Å². The molecule has 0 bridgehead atoms. The fourth-order valence-electron chi connectivity index (χ4n) is 1.31. The van der Waals surface area contributed by atoms with Crippen molar-refractivity contribution in [2.75, 3.05) is 13.7 Å². The fourth-order valence-corrected chi connectivity index (χ4v) is 1.76. The molecule has 0 amide bonds. The van der Waals surface area contributed by atoms with Crippen molar-refractivity contribution >= 4 is 21.9 Å². The van der Waals surface area contributed by atoms with Crippen molar-refractivity contribution in [1.82, 2.24) is 0 Å². The molecule has 0 radical (unpaired) electrons. The number of carbonyl (C=O) groups is 1. The Morgan fingerprint density at radius 1 is 1.53 bits per heavy atom. The quantitative estimate of drug-likeness (QED) is 0.829. The third-order valence-electron chi connectivity index (χ3n) is 2.09. The first-order chi connectivity index (χ1) is 8.01. The molecule has 0 aliphatic carbocycles. The van der Waals surface area contributed by atoms with Crippen LogP contribution in [0.2, 0.25) is 0 Å². The van der Waals surface area contributed by atoms with Crippen LogP contribution < -0.4 is 4.74 Å². The molecular formula is C11H13BrO5. The Hall–Kier alpha value is -1.27. The average Bonchev–Trinajstić information content (AvgIpc) is 2.31. The first-order valence-corrected chi connectivity index (χ1v) is 5.71. The van der Waals surface area contributed by atoms with Crippen molar-refractivity contribution in [3.05, 3.63) is 22.2 Å². The molecule has 1 rings (SSSR count). The van der Waals surface area contributed by atoms with E-state index in [1.165, 1.54) is 19.2 Å². The predicted molar refractivity (Wildman–Crippen MR) is 64.0 cm³/mol. The predicted octanol–water partition coefficient (Wildman–Crippen LogP) is 1.76. The number of phenols is 1. The maximum atomic E-state index is 11.4. The summed E-state index contributed by atoms with van der Waals surface area (Å²) < 4.78 is 10.2. The maximum Gasteiger partial charge on any atom is 0.339 e. The number of ether oxygens (including phenoxy) is 2. The van der Waals surface area contributed by atoms with E-state index >= 15 is 0 Å². The summed E-state index contributed by atoms with van der Waals surface area (Å²) in [6.07, 6.45) is -1.54. The number of aliphatic hydroxyl groups excluding tert-OH is 1. The van der Waals surface area contributed by atoms with Crippen LogP contribution in [0, 0.1) is 0 Å². The van der Waals surface area contributed by atoms with E-state index < -0.39 is 12.1 Å². The van der Waals surface area contributed by atoms with Gasteiger partial charge in [-0.25, -0.2) is 4.79 Å². The minimum absolute atomic E-state index is 0.0367. The van der Waals surface area contributed by atoms with Gasteiger partial charge in [-0.05, 0) is 19.1 Å². The average molecular weight is 305 g/mol. The van der Waals surface area contributed by atoms with Gasteiger partial charge >= 0.3 is 5.97 Å². The van der Waals surface area contributed by atoms with Crippen LogP contribution in [0.15, 0.2) is 16.6 Å². The van der Waals surface area contributed by atoms with Gasteiger partial charge in [0.05, 0.1) is 13.7 Å². The van der Waals surface area contributed by atoms with E-state index in [9.17, 15) is 15.0 Å². The Kier molecular flexibility index (Phi) is 4.77. The molecule has 6 heteroatoms. The number of aromatic hydroxyl groups is 1. The van der Waals surface area contributed by atoms with Crippen molar-refractivity contribution in [2.45, 2.75) is 13.0 Å². The molecule has 0 aliphatic heterocycles. The number of esters is 1. The molecule has 1 aromatic rings. The summed E-state index contributed by atoms with van der Waals surface area (Å²) in [6.45, 7) is 1.79. The van der Waals surface area contributed by atoms with E-state index in [1.807, 2.05) is 0 Å². The Labute approximate surface area is 107 Å².